The van der Waals surface area contributed by atoms with Gasteiger partial charge in [0.2, 0.25) is 11.8 Å². The normalized spacial score (nSPS) is 22.2. The predicted octanol–water partition coefficient (Wildman–Crippen LogP) is 0.408. The molecule has 2 amide bonds. The first-order chi connectivity index (χ1) is 9.56. The van der Waals surface area contributed by atoms with Gasteiger partial charge < -0.3 is 15.3 Å². The maximum atomic E-state index is 12.0. The second-order valence-electron chi connectivity index (χ2n) is 4.86. The first-order valence-corrected chi connectivity index (χ1v) is 6.53. The molecular weight excluding hydrogens is 256 g/mol. The van der Waals surface area contributed by atoms with Crippen molar-refractivity contribution in [3.8, 4) is 0 Å². The Morgan fingerprint density at radius 3 is 2.65 bits per heavy atom. The zero-order chi connectivity index (χ0) is 14.5. The molecule has 2 atom stereocenters. The van der Waals surface area contributed by atoms with Crippen LogP contribution in [0.3, 0.4) is 0 Å². The van der Waals surface area contributed by atoms with E-state index in [9.17, 15) is 14.7 Å². The van der Waals surface area contributed by atoms with Gasteiger partial charge in [-0.15, -0.1) is 0 Å². The average Bonchev–Trinajstić information content (AvgIpc) is 2.78. The van der Waals surface area contributed by atoms with Crippen LogP contribution in [0.15, 0.2) is 36.4 Å². The minimum atomic E-state index is -0.715. The molecule has 1 aromatic rings. The minimum Gasteiger partial charge on any atom is -0.389 e. The van der Waals surface area contributed by atoms with Crippen LogP contribution in [0.1, 0.15) is 12.5 Å². The van der Waals surface area contributed by atoms with E-state index in [1.54, 1.807) is 6.08 Å². The molecule has 2 rings (SSSR count). The molecule has 0 saturated carbocycles. The maximum Gasteiger partial charge on any atom is 0.246 e. The van der Waals surface area contributed by atoms with Gasteiger partial charge in [0.1, 0.15) is 0 Å². The van der Waals surface area contributed by atoms with Crippen molar-refractivity contribution in [3.63, 3.8) is 0 Å². The molecule has 0 aromatic heterocycles. The summed E-state index contributed by atoms with van der Waals surface area (Å²) in [6, 6.07) is 9.13. The second-order valence-corrected chi connectivity index (χ2v) is 4.86. The lowest BCUT2D eigenvalue weighted by molar-refractivity contribution is -0.125. The maximum absolute atomic E-state index is 12.0. The Balaban J connectivity index is 1.94. The van der Waals surface area contributed by atoms with Crippen LogP contribution in [-0.2, 0) is 9.59 Å². The first kappa shape index (κ1) is 14.3. The Hall–Kier alpha value is -2.14. The van der Waals surface area contributed by atoms with Gasteiger partial charge in [-0.3, -0.25) is 9.59 Å². The van der Waals surface area contributed by atoms with Gasteiger partial charge in [-0.25, -0.2) is 0 Å². The van der Waals surface area contributed by atoms with Crippen LogP contribution < -0.4 is 5.32 Å². The number of β-amino-alcohol motifs (C(OH)–C–C–N with tert-alkyl or cyclic N) is 1. The summed E-state index contributed by atoms with van der Waals surface area (Å²) in [5.41, 5.74) is 0.944. The van der Waals surface area contributed by atoms with Gasteiger partial charge in [0.05, 0.1) is 12.1 Å². The summed E-state index contributed by atoms with van der Waals surface area (Å²) in [4.78, 5) is 24.5. The summed E-state index contributed by atoms with van der Waals surface area (Å²) in [5, 5.41) is 12.5. The molecule has 0 spiro atoms. The number of aliphatic hydroxyl groups is 1. The highest BCUT2D eigenvalue weighted by Gasteiger charge is 2.33. The predicted molar refractivity (Wildman–Crippen MR) is 75.7 cm³/mol. The van der Waals surface area contributed by atoms with Gasteiger partial charge in [-0.1, -0.05) is 30.3 Å². The van der Waals surface area contributed by atoms with Gasteiger partial charge in [0, 0.05) is 26.1 Å². The van der Waals surface area contributed by atoms with Crippen LogP contribution in [0.4, 0.5) is 0 Å². The number of likely N-dealkylation sites (tertiary alicyclic amines) is 1. The standard InChI is InChI=1S/C15H18N2O3/c1-11(18)16-13-9-17(10-14(13)19)15(20)8-7-12-5-3-2-4-6-12/h2-8,13-14,19H,9-10H2,1H3,(H,16,18)/b8-7+/t13-,14-/m1/s1. The zero-order valence-electron chi connectivity index (χ0n) is 11.3. The molecule has 1 heterocycles. The molecule has 1 aliphatic rings. The van der Waals surface area contributed by atoms with Crippen LogP contribution in [0.5, 0.6) is 0 Å². The third kappa shape index (κ3) is 3.68. The van der Waals surface area contributed by atoms with E-state index in [-0.39, 0.29) is 24.4 Å². The fourth-order valence-corrected chi connectivity index (χ4v) is 2.21. The Morgan fingerprint density at radius 1 is 1.30 bits per heavy atom. The van der Waals surface area contributed by atoms with E-state index in [2.05, 4.69) is 5.32 Å². The summed E-state index contributed by atoms with van der Waals surface area (Å²) in [6.45, 7) is 1.97. The number of carbonyl (C=O) groups excluding carboxylic acids is 2. The highest BCUT2D eigenvalue weighted by Crippen LogP contribution is 2.11. The van der Waals surface area contributed by atoms with Crippen molar-refractivity contribution in [2.45, 2.75) is 19.1 Å². The summed E-state index contributed by atoms with van der Waals surface area (Å²) >= 11 is 0. The lowest BCUT2D eigenvalue weighted by Gasteiger charge is -2.14. The van der Waals surface area contributed by atoms with E-state index < -0.39 is 6.10 Å². The van der Waals surface area contributed by atoms with Crippen LogP contribution in [-0.4, -0.2) is 47.1 Å². The molecule has 5 heteroatoms. The summed E-state index contributed by atoms with van der Waals surface area (Å²) < 4.78 is 0. The van der Waals surface area contributed by atoms with Crippen LogP contribution in [0.2, 0.25) is 0 Å². The minimum absolute atomic E-state index is 0.166. The number of hydrogen-bond donors (Lipinski definition) is 2. The lowest BCUT2D eigenvalue weighted by atomic mass is 10.2. The fraction of sp³-hybridized carbons (Fsp3) is 0.333. The Bertz CT molecular complexity index is 513. The summed E-state index contributed by atoms with van der Waals surface area (Å²) in [6.07, 6.45) is 2.51. The molecule has 1 fully saturated rings. The van der Waals surface area contributed by atoms with Gasteiger partial charge in [0.15, 0.2) is 0 Å². The van der Waals surface area contributed by atoms with E-state index in [4.69, 9.17) is 0 Å². The molecule has 1 aromatic carbocycles. The molecule has 1 aliphatic heterocycles. The number of rotatable bonds is 3. The smallest absolute Gasteiger partial charge is 0.246 e. The third-order valence-corrected chi connectivity index (χ3v) is 3.21. The zero-order valence-corrected chi connectivity index (χ0v) is 11.3. The van der Waals surface area contributed by atoms with E-state index in [1.807, 2.05) is 30.3 Å². The highest BCUT2D eigenvalue weighted by molar-refractivity contribution is 5.92. The third-order valence-electron chi connectivity index (χ3n) is 3.21. The first-order valence-electron chi connectivity index (χ1n) is 6.53. The average molecular weight is 274 g/mol. The quantitative estimate of drug-likeness (QED) is 0.784. The highest BCUT2D eigenvalue weighted by atomic mass is 16.3. The molecule has 0 radical (unpaired) electrons. The lowest BCUT2D eigenvalue weighted by Crippen LogP contribution is -2.41. The van der Waals surface area contributed by atoms with Gasteiger partial charge in [0.25, 0.3) is 0 Å². The number of hydrogen-bond acceptors (Lipinski definition) is 3. The van der Waals surface area contributed by atoms with Gasteiger partial charge >= 0.3 is 0 Å². The van der Waals surface area contributed by atoms with Crippen molar-refractivity contribution in [2.24, 2.45) is 0 Å². The van der Waals surface area contributed by atoms with Crippen molar-refractivity contribution in [3.05, 3.63) is 42.0 Å². The number of carbonyl (C=O) groups is 2. The molecule has 2 N–H and O–H groups in total. The monoisotopic (exact) mass is 274 g/mol. The molecular formula is C15H18N2O3. The largest absolute Gasteiger partial charge is 0.389 e. The van der Waals surface area contributed by atoms with Crippen molar-refractivity contribution >= 4 is 17.9 Å². The van der Waals surface area contributed by atoms with E-state index in [0.717, 1.165) is 5.56 Å². The van der Waals surface area contributed by atoms with Crippen molar-refractivity contribution < 1.29 is 14.7 Å². The molecule has 0 unspecified atom stereocenters. The second kappa shape index (κ2) is 6.34. The van der Waals surface area contributed by atoms with E-state index in [1.165, 1.54) is 17.9 Å². The van der Waals surface area contributed by atoms with E-state index >= 15 is 0 Å². The van der Waals surface area contributed by atoms with Gasteiger partial charge in [-0.05, 0) is 11.6 Å². The van der Waals surface area contributed by atoms with Gasteiger partial charge in [-0.2, -0.15) is 0 Å². The molecule has 106 valence electrons. The molecule has 0 aliphatic carbocycles. The fourth-order valence-electron chi connectivity index (χ4n) is 2.21. The van der Waals surface area contributed by atoms with Crippen LogP contribution in [0, 0.1) is 0 Å². The van der Waals surface area contributed by atoms with Crippen LogP contribution in [0.25, 0.3) is 6.08 Å². The van der Waals surface area contributed by atoms with E-state index in [0.29, 0.717) is 6.54 Å². The Morgan fingerprint density at radius 2 is 2.00 bits per heavy atom. The molecule has 1 saturated heterocycles. The molecule has 5 nitrogen and oxygen atoms in total. The molecule has 20 heavy (non-hydrogen) atoms. The SMILES string of the molecule is CC(=O)N[C@@H]1CN(C(=O)/C=C/c2ccccc2)C[C@H]1O. The van der Waals surface area contributed by atoms with Crippen molar-refractivity contribution in [2.75, 3.05) is 13.1 Å². The topological polar surface area (TPSA) is 69.6 Å². The molecule has 0 bridgehead atoms. The van der Waals surface area contributed by atoms with Crippen LogP contribution >= 0.6 is 0 Å². The number of aliphatic hydroxyl groups excluding tert-OH is 1. The Labute approximate surface area is 117 Å². The number of nitrogens with zero attached hydrogens (tertiary/aromatic N) is 1. The number of amides is 2. The Kier molecular flexibility index (Phi) is 4.53. The number of nitrogens with one attached hydrogen (secondary N) is 1. The van der Waals surface area contributed by atoms with Crippen molar-refractivity contribution in [1.29, 1.82) is 0 Å². The summed E-state index contributed by atoms with van der Waals surface area (Å²) in [7, 11) is 0. The summed E-state index contributed by atoms with van der Waals surface area (Å²) in [5.74, 6) is -0.371. The number of benzene rings is 1. The van der Waals surface area contributed by atoms with Crippen molar-refractivity contribution in [1.82, 2.24) is 10.2 Å².